The van der Waals surface area contributed by atoms with Crippen LogP contribution in [-0.4, -0.2) is 45.5 Å². The molecule has 30 heavy (non-hydrogen) atoms. The molecule has 1 aromatic carbocycles. The number of imidazole rings is 1. The van der Waals surface area contributed by atoms with E-state index in [2.05, 4.69) is 10.3 Å². The summed E-state index contributed by atoms with van der Waals surface area (Å²) < 4.78 is 41.7. The zero-order valence-electron chi connectivity index (χ0n) is 16.5. The quantitative estimate of drug-likeness (QED) is 0.719. The van der Waals surface area contributed by atoms with Crippen molar-refractivity contribution >= 4 is 17.6 Å². The van der Waals surface area contributed by atoms with Crippen LogP contribution in [0.15, 0.2) is 30.6 Å². The second-order valence-electron chi connectivity index (χ2n) is 8.11. The van der Waals surface area contributed by atoms with Crippen LogP contribution in [0.25, 0.3) is 5.69 Å². The molecule has 0 atom stereocenters. The number of benzene rings is 1. The third kappa shape index (κ3) is 4.58. The number of carbonyl (C=O) groups is 1. The summed E-state index contributed by atoms with van der Waals surface area (Å²) >= 11 is 6.52. The Balaban J connectivity index is 1.33. The Morgan fingerprint density at radius 1 is 1.17 bits per heavy atom. The number of aromatic nitrogens is 2. The molecular formula is C21H24ClF3N4O. The van der Waals surface area contributed by atoms with Crippen molar-refractivity contribution in [2.75, 3.05) is 13.1 Å². The van der Waals surface area contributed by atoms with Crippen LogP contribution >= 0.6 is 11.6 Å². The molecule has 1 saturated heterocycles. The Morgan fingerprint density at radius 3 is 2.53 bits per heavy atom. The Kier molecular flexibility index (Phi) is 5.95. The van der Waals surface area contributed by atoms with Gasteiger partial charge in [0.2, 0.25) is 5.92 Å². The Bertz CT molecular complexity index is 901. The number of amides is 2. The van der Waals surface area contributed by atoms with Crippen LogP contribution in [0.5, 0.6) is 0 Å². The highest BCUT2D eigenvalue weighted by Crippen LogP contribution is 2.34. The molecule has 9 heteroatoms. The molecule has 2 aliphatic rings. The number of urea groups is 1. The highest BCUT2D eigenvalue weighted by atomic mass is 35.5. The van der Waals surface area contributed by atoms with E-state index in [1.54, 1.807) is 27.9 Å². The molecule has 1 saturated carbocycles. The van der Waals surface area contributed by atoms with Crippen molar-refractivity contribution < 1.29 is 18.0 Å². The topological polar surface area (TPSA) is 50.2 Å². The fourth-order valence-corrected chi connectivity index (χ4v) is 4.58. The summed E-state index contributed by atoms with van der Waals surface area (Å²) in [6, 6.07) is 5.76. The first-order valence-electron chi connectivity index (χ1n) is 10.2. The zero-order valence-corrected chi connectivity index (χ0v) is 17.2. The van der Waals surface area contributed by atoms with Crippen LogP contribution in [0.4, 0.5) is 18.0 Å². The van der Waals surface area contributed by atoms with Gasteiger partial charge < -0.3 is 10.2 Å². The van der Waals surface area contributed by atoms with Crippen molar-refractivity contribution in [2.45, 2.75) is 56.4 Å². The lowest BCUT2D eigenvalue weighted by atomic mass is 9.92. The molecule has 4 rings (SSSR count). The summed E-state index contributed by atoms with van der Waals surface area (Å²) in [6.45, 7) is 1.09. The minimum atomic E-state index is -2.60. The molecule has 0 bridgehead atoms. The fraction of sp³-hybridized carbons (Fsp3) is 0.524. The van der Waals surface area contributed by atoms with E-state index in [1.807, 2.05) is 0 Å². The zero-order chi connectivity index (χ0) is 21.3. The molecule has 1 N–H and O–H groups in total. The lowest BCUT2D eigenvalue weighted by Crippen LogP contribution is -2.49. The standard InChI is InChI=1S/C21H24ClF3N4O/c22-19-18(26-13-29(19)17-3-1-2-15(23)12-17)14-6-10-28(11-7-14)20(30)27-16-4-8-21(24,25)9-5-16/h1-3,12-14,16H,4-11H2,(H,27,30). The van der Waals surface area contributed by atoms with Crippen molar-refractivity contribution in [1.82, 2.24) is 19.8 Å². The van der Waals surface area contributed by atoms with Gasteiger partial charge in [0.1, 0.15) is 17.3 Å². The van der Waals surface area contributed by atoms with Crippen LogP contribution in [0, 0.1) is 5.82 Å². The largest absolute Gasteiger partial charge is 0.335 e. The summed E-state index contributed by atoms with van der Waals surface area (Å²) in [6.07, 6.45) is 3.26. The molecule has 1 aromatic heterocycles. The third-order valence-corrected chi connectivity index (χ3v) is 6.41. The predicted molar refractivity (Wildman–Crippen MR) is 108 cm³/mol. The molecular weight excluding hydrogens is 417 g/mol. The van der Waals surface area contributed by atoms with E-state index in [0.717, 1.165) is 5.69 Å². The van der Waals surface area contributed by atoms with E-state index in [-0.39, 0.29) is 36.6 Å². The minimum Gasteiger partial charge on any atom is -0.335 e. The second kappa shape index (κ2) is 8.49. The van der Waals surface area contributed by atoms with E-state index in [0.29, 0.717) is 49.6 Å². The van der Waals surface area contributed by atoms with Crippen LogP contribution in [-0.2, 0) is 0 Å². The Morgan fingerprint density at radius 2 is 1.87 bits per heavy atom. The van der Waals surface area contributed by atoms with Gasteiger partial charge in [0, 0.05) is 37.9 Å². The van der Waals surface area contributed by atoms with Gasteiger partial charge in [-0.1, -0.05) is 17.7 Å². The maximum absolute atomic E-state index is 13.5. The lowest BCUT2D eigenvalue weighted by Gasteiger charge is -2.34. The first kappa shape index (κ1) is 21.0. The van der Waals surface area contributed by atoms with Gasteiger partial charge in [-0.15, -0.1) is 0 Å². The Hall–Kier alpha value is -2.22. The third-order valence-electron chi connectivity index (χ3n) is 6.04. The number of nitrogens with one attached hydrogen (secondary N) is 1. The highest BCUT2D eigenvalue weighted by Gasteiger charge is 2.36. The van der Waals surface area contributed by atoms with E-state index < -0.39 is 5.92 Å². The van der Waals surface area contributed by atoms with E-state index in [9.17, 15) is 18.0 Å². The second-order valence-corrected chi connectivity index (χ2v) is 8.47. The number of piperidine rings is 1. The number of rotatable bonds is 3. The predicted octanol–water partition coefficient (Wildman–Crippen LogP) is 5.13. The maximum atomic E-state index is 13.5. The lowest BCUT2D eigenvalue weighted by molar-refractivity contribution is -0.0398. The van der Waals surface area contributed by atoms with Gasteiger partial charge in [-0.25, -0.2) is 22.9 Å². The number of halogens is 4. The van der Waals surface area contributed by atoms with Crippen LogP contribution in [0.3, 0.4) is 0 Å². The fourth-order valence-electron chi connectivity index (χ4n) is 4.23. The van der Waals surface area contributed by atoms with Gasteiger partial charge in [-0.3, -0.25) is 4.57 Å². The SMILES string of the molecule is O=C(NC1CCC(F)(F)CC1)N1CCC(c2ncn(-c3cccc(F)c3)c2Cl)CC1. The monoisotopic (exact) mass is 440 g/mol. The molecule has 1 aliphatic carbocycles. The summed E-state index contributed by atoms with van der Waals surface area (Å²) in [5, 5.41) is 3.35. The molecule has 2 fully saturated rings. The average Bonchev–Trinajstić information content (AvgIpc) is 3.11. The molecule has 1 aliphatic heterocycles. The Labute approximate surface area is 178 Å². The van der Waals surface area contributed by atoms with Gasteiger partial charge >= 0.3 is 6.03 Å². The molecule has 2 heterocycles. The van der Waals surface area contributed by atoms with Gasteiger partial charge in [0.15, 0.2) is 0 Å². The molecule has 2 amide bonds. The summed E-state index contributed by atoms with van der Waals surface area (Å²) in [4.78, 5) is 18.7. The molecule has 2 aromatic rings. The first-order valence-corrected chi connectivity index (χ1v) is 10.6. The molecule has 0 unspecified atom stereocenters. The molecule has 162 valence electrons. The molecule has 5 nitrogen and oxygen atoms in total. The molecule has 0 radical (unpaired) electrons. The van der Waals surface area contributed by atoms with Gasteiger partial charge in [-0.2, -0.15) is 0 Å². The van der Waals surface area contributed by atoms with Crippen LogP contribution < -0.4 is 5.32 Å². The number of carbonyl (C=O) groups excluding carboxylic acids is 1. The summed E-state index contributed by atoms with van der Waals surface area (Å²) in [5.74, 6) is -2.85. The number of nitrogens with zero attached hydrogens (tertiary/aromatic N) is 3. The number of alkyl halides is 2. The average molecular weight is 441 g/mol. The van der Waals surface area contributed by atoms with Crippen LogP contribution in [0.2, 0.25) is 5.15 Å². The number of hydrogen-bond acceptors (Lipinski definition) is 2. The van der Waals surface area contributed by atoms with Gasteiger partial charge in [0.05, 0.1) is 11.4 Å². The van der Waals surface area contributed by atoms with E-state index in [1.165, 1.54) is 12.1 Å². The summed E-state index contributed by atoms with van der Waals surface area (Å²) in [7, 11) is 0. The van der Waals surface area contributed by atoms with Crippen molar-refractivity contribution in [3.63, 3.8) is 0 Å². The van der Waals surface area contributed by atoms with Crippen molar-refractivity contribution in [1.29, 1.82) is 0 Å². The van der Waals surface area contributed by atoms with Gasteiger partial charge in [-0.05, 0) is 43.9 Å². The molecule has 0 spiro atoms. The first-order chi connectivity index (χ1) is 14.3. The summed E-state index contributed by atoms with van der Waals surface area (Å²) in [5.41, 5.74) is 1.35. The van der Waals surface area contributed by atoms with Crippen LogP contribution in [0.1, 0.15) is 50.1 Å². The van der Waals surface area contributed by atoms with Gasteiger partial charge in [0.25, 0.3) is 0 Å². The normalized spacial score (nSPS) is 20.3. The number of likely N-dealkylation sites (tertiary alicyclic amines) is 1. The highest BCUT2D eigenvalue weighted by molar-refractivity contribution is 6.30. The number of hydrogen-bond donors (Lipinski definition) is 1. The minimum absolute atomic E-state index is 0.102. The van der Waals surface area contributed by atoms with Crippen molar-refractivity contribution in [2.24, 2.45) is 0 Å². The van der Waals surface area contributed by atoms with Crippen molar-refractivity contribution in [3.8, 4) is 5.69 Å². The maximum Gasteiger partial charge on any atom is 0.317 e. The van der Waals surface area contributed by atoms with E-state index >= 15 is 0 Å². The van der Waals surface area contributed by atoms with E-state index in [4.69, 9.17) is 11.6 Å². The van der Waals surface area contributed by atoms with Crippen molar-refractivity contribution in [3.05, 3.63) is 47.3 Å². The smallest absolute Gasteiger partial charge is 0.317 e.